The Labute approximate surface area is 455 Å². The molecule has 4 amide bonds. The predicted octanol–water partition coefficient (Wildman–Crippen LogP) is 6.58. The second-order valence-corrected chi connectivity index (χ2v) is 23.5. The molecule has 0 spiro atoms. The maximum absolute atomic E-state index is 13.4. The minimum Gasteiger partial charge on any atom is -0.355 e. The topological polar surface area (TPSA) is 195 Å². The summed E-state index contributed by atoms with van der Waals surface area (Å²) in [6.45, 7) is 42.7. The van der Waals surface area contributed by atoms with Gasteiger partial charge in [0.25, 0.3) is 0 Å². The van der Waals surface area contributed by atoms with E-state index in [-0.39, 0.29) is 72.0 Å². The van der Waals surface area contributed by atoms with Crippen LogP contribution in [-0.4, -0.2) is 171 Å². The lowest BCUT2D eigenvalue weighted by atomic mass is 10.1. The first-order valence-electron chi connectivity index (χ1n) is 30.1. The zero-order valence-corrected chi connectivity index (χ0v) is 50.8. The third kappa shape index (κ3) is 39.9. The van der Waals surface area contributed by atoms with Crippen LogP contribution in [0.1, 0.15) is 214 Å². The number of carbonyl (C=O) groups excluding carboxylic acids is 4. The zero-order valence-electron chi connectivity index (χ0n) is 50.8. The lowest BCUT2D eigenvalue weighted by Gasteiger charge is -2.29. The van der Waals surface area contributed by atoms with Crippen LogP contribution in [0.5, 0.6) is 0 Å². The number of amides is 4. The minimum absolute atomic E-state index is 0.0570. The molecule has 0 bridgehead atoms. The predicted molar refractivity (Wildman–Crippen MR) is 314 cm³/mol. The standard InChI is InChI=1S/C58H122N12O4/c1-43(2)59-33-21-17-29-51(65-45(5)6)55(71)61-35-23-19-31-53(67-47(9)10)57(73)63-37-27-41-69(49(13)14)39-25-26-40-70(50(15)16)42-28-38-64-58(74)54(68-48(11)12)32-20-24-36-62-56(72)52(66-46(7)8)30-18-22-34-60-44(3)4/h43-54,59-60,65-68H,17-42H2,1-16H3,(H,61,71)(H,62,72)(H,63,73)(H,64,74). The normalized spacial score (nSPS) is 13.9. The van der Waals surface area contributed by atoms with Crippen LogP contribution in [0.15, 0.2) is 0 Å². The van der Waals surface area contributed by atoms with E-state index in [9.17, 15) is 19.2 Å². The highest BCUT2D eigenvalue weighted by atomic mass is 16.2. The summed E-state index contributed by atoms with van der Waals surface area (Å²) in [5, 5.41) is 33.5. The third-order valence-electron chi connectivity index (χ3n) is 13.2. The van der Waals surface area contributed by atoms with Gasteiger partial charge < -0.3 is 63.0 Å². The van der Waals surface area contributed by atoms with Gasteiger partial charge in [-0.3, -0.25) is 19.2 Å². The van der Waals surface area contributed by atoms with Crippen LogP contribution in [0.4, 0.5) is 0 Å². The lowest BCUT2D eigenvalue weighted by Crippen LogP contribution is -2.48. The van der Waals surface area contributed by atoms with Gasteiger partial charge in [-0.25, -0.2) is 0 Å². The van der Waals surface area contributed by atoms with Gasteiger partial charge in [0.2, 0.25) is 23.6 Å². The highest BCUT2D eigenvalue weighted by Crippen LogP contribution is 2.10. The molecular weight excluding hydrogens is 929 g/mol. The fourth-order valence-corrected chi connectivity index (χ4v) is 9.23. The summed E-state index contributed by atoms with van der Waals surface area (Å²) in [6, 6.07) is 1.76. The average Bonchev–Trinajstić information content (AvgIpc) is 3.30. The molecule has 10 N–H and O–H groups in total. The number of hydrogen-bond donors (Lipinski definition) is 10. The molecule has 0 saturated heterocycles. The molecule has 0 saturated carbocycles. The van der Waals surface area contributed by atoms with Gasteiger partial charge in [-0.05, 0) is 144 Å². The van der Waals surface area contributed by atoms with Crippen molar-refractivity contribution in [2.45, 2.75) is 286 Å². The van der Waals surface area contributed by atoms with Crippen molar-refractivity contribution in [3.05, 3.63) is 0 Å². The van der Waals surface area contributed by atoms with Crippen molar-refractivity contribution in [2.24, 2.45) is 0 Å². The highest BCUT2D eigenvalue weighted by Gasteiger charge is 2.23. The van der Waals surface area contributed by atoms with Crippen molar-refractivity contribution in [1.82, 2.24) is 63.0 Å². The largest absolute Gasteiger partial charge is 0.355 e. The van der Waals surface area contributed by atoms with Crippen LogP contribution in [0.25, 0.3) is 0 Å². The SMILES string of the molecule is CC(C)NCCCCC(NC(C)C)C(=O)NCCCCC(NC(C)C)C(=O)NCCCN(CCCCN(CCCNC(=O)C(CCCCNC(=O)C(CCCCNC(C)C)NC(C)C)NC(C)C)C(C)C)C(C)C. The molecule has 4 atom stereocenters. The van der Waals surface area contributed by atoms with Crippen molar-refractivity contribution in [3.8, 4) is 0 Å². The number of nitrogens with one attached hydrogen (secondary N) is 10. The molecule has 0 rings (SSSR count). The fourth-order valence-electron chi connectivity index (χ4n) is 9.23. The van der Waals surface area contributed by atoms with Crippen LogP contribution in [-0.2, 0) is 19.2 Å². The third-order valence-corrected chi connectivity index (χ3v) is 13.2. The van der Waals surface area contributed by atoms with Gasteiger partial charge in [0.05, 0.1) is 24.2 Å². The summed E-state index contributed by atoms with van der Waals surface area (Å²) < 4.78 is 0. The first-order chi connectivity index (χ1) is 35.0. The van der Waals surface area contributed by atoms with Crippen molar-refractivity contribution >= 4 is 23.6 Å². The van der Waals surface area contributed by atoms with E-state index in [0.717, 1.165) is 142 Å². The van der Waals surface area contributed by atoms with Crippen LogP contribution < -0.4 is 53.2 Å². The molecule has 0 aliphatic rings. The molecule has 0 aliphatic heterocycles. The molecule has 0 fully saturated rings. The van der Waals surface area contributed by atoms with Gasteiger partial charge in [-0.1, -0.05) is 95.9 Å². The molecule has 0 aliphatic carbocycles. The van der Waals surface area contributed by atoms with Crippen molar-refractivity contribution in [3.63, 3.8) is 0 Å². The van der Waals surface area contributed by atoms with Gasteiger partial charge in [-0.2, -0.15) is 0 Å². The average molecular weight is 1050 g/mol. The fraction of sp³-hybridized carbons (Fsp3) is 0.931. The maximum atomic E-state index is 13.4. The maximum Gasteiger partial charge on any atom is 0.237 e. The first-order valence-corrected chi connectivity index (χ1v) is 30.1. The Bertz CT molecular complexity index is 1300. The summed E-state index contributed by atoms with van der Waals surface area (Å²) in [7, 11) is 0. The Balaban J connectivity index is 4.75. The smallest absolute Gasteiger partial charge is 0.237 e. The number of hydrogen-bond acceptors (Lipinski definition) is 12. The Morgan fingerprint density at radius 3 is 0.743 bits per heavy atom. The Morgan fingerprint density at radius 1 is 0.284 bits per heavy atom. The van der Waals surface area contributed by atoms with E-state index in [4.69, 9.17) is 0 Å². The first kappa shape index (κ1) is 71.6. The van der Waals surface area contributed by atoms with Crippen molar-refractivity contribution < 1.29 is 19.2 Å². The van der Waals surface area contributed by atoms with E-state index >= 15 is 0 Å². The van der Waals surface area contributed by atoms with Crippen molar-refractivity contribution in [1.29, 1.82) is 0 Å². The van der Waals surface area contributed by atoms with Gasteiger partial charge in [0.1, 0.15) is 0 Å². The van der Waals surface area contributed by atoms with Crippen LogP contribution >= 0.6 is 0 Å². The molecular formula is C58H122N12O4. The number of nitrogens with zero attached hydrogens (tertiary/aromatic N) is 2. The summed E-state index contributed by atoms with van der Waals surface area (Å²) in [5.41, 5.74) is 0. The zero-order chi connectivity index (χ0) is 55.8. The molecule has 438 valence electrons. The second-order valence-electron chi connectivity index (χ2n) is 23.5. The Kier molecular flexibility index (Phi) is 43.1. The van der Waals surface area contributed by atoms with Gasteiger partial charge in [0, 0.05) is 87.6 Å². The summed E-state index contributed by atoms with van der Waals surface area (Å²) in [4.78, 5) is 57.9. The van der Waals surface area contributed by atoms with E-state index in [1.807, 2.05) is 0 Å². The molecule has 0 aromatic carbocycles. The summed E-state index contributed by atoms with van der Waals surface area (Å²) in [6.07, 6.45) is 14.6. The molecule has 0 radical (unpaired) electrons. The molecule has 16 nitrogen and oxygen atoms in total. The molecule has 16 heteroatoms. The van der Waals surface area contributed by atoms with E-state index in [1.165, 1.54) is 0 Å². The summed E-state index contributed by atoms with van der Waals surface area (Å²) in [5.74, 6) is 0.254. The molecule has 0 heterocycles. The van der Waals surface area contributed by atoms with Gasteiger partial charge in [0.15, 0.2) is 0 Å². The van der Waals surface area contributed by atoms with E-state index in [2.05, 4.69) is 174 Å². The van der Waals surface area contributed by atoms with E-state index < -0.39 is 0 Å². The van der Waals surface area contributed by atoms with E-state index in [0.29, 0.717) is 50.3 Å². The van der Waals surface area contributed by atoms with Gasteiger partial charge >= 0.3 is 0 Å². The number of unbranched alkanes of at least 4 members (excludes halogenated alkanes) is 5. The highest BCUT2D eigenvalue weighted by molar-refractivity contribution is 5.83. The molecule has 4 unspecified atom stereocenters. The minimum atomic E-state index is -0.257. The molecule has 0 aromatic heterocycles. The van der Waals surface area contributed by atoms with E-state index in [1.54, 1.807) is 0 Å². The molecule has 74 heavy (non-hydrogen) atoms. The van der Waals surface area contributed by atoms with Crippen LogP contribution in [0.2, 0.25) is 0 Å². The lowest BCUT2D eigenvalue weighted by molar-refractivity contribution is -0.124. The Hall–Kier alpha value is -2.44. The van der Waals surface area contributed by atoms with Crippen LogP contribution in [0, 0.1) is 0 Å². The van der Waals surface area contributed by atoms with Crippen LogP contribution in [0.3, 0.4) is 0 Å². The Morgan fingerprint density at radius 2 is 0.514 bits per heavy atom. The number of carbonyl (C=O) groups is 4. The quantitative estimate of drug-likeness (QED) is 0.0295. The van der Waals surface area contributed by atoms with Crippen molar-refractivity contribution in [2.75, 3.05) is 65.4 Å². The van der Waals surface area contributed by atoms with Gasteiger partial charge in [-0.15, -0.1) is 0 Å². The second kappa shape index (κ2) is 44.5. The molecule has 0 aromatic rings. The monoisotopic (exact) mass is 1050 g/mol. The summed E-state index contributed by atoms with van der Waals surface area (Å²) >= 11 is 0. The number of rotatable bonds is 49.